The Labute approximate surface area is 124 Å². The van der Waals surface area contributed by atoms with Gasteiger partial charge in [0, 0.05) is 29.0 Å². The van der Waals surface area contributed by atoms with Crippen LogP contribution in [0.1, 0.15) is 22.3 Å². The average Bonchev–Trinajstić information content (AvgIpc) is 2.70. The van der Waals surface area contributed by atoms with E-state index in [1.807, 2.05) is 6.92 Å². The van der Waals surface area contributed by atoms with Crippen molar-refractivity contribution in [2.45, 2.75) is 13.3 Å². The lowest BCUT2D eigenvalue weighted by molar-refractivity contribution is -0.117. The summed E-state index contributed by atoms with van der Waals surface area (Å²) in [5.74, 6) is -0.463. The molecular weight excluding hydrogens is 334 g/mol. The number of anilines is 1. The first kappa shape index (κ1) is 14.3. The smallest absolute Gasteiger partial charge is 0.336 e. The fourth-order valence-electron chi connectivity index (χ4n) is 2.23. The van der Waals surface area contributed by atoms with Gasteiger partial charge in [-0.15, -0.1) is 11.6 Å². The molecule has 2 rings (SSSR count). The van der Waals surface area contributed by atoms with Gasteiger partial charge in [0.1, 0.15) is 0 Å². The summed E-state index contributed by atoms with van der Waals surface area (Å²) >= 11 is 9.02. The Morgan fingerprint density at radius 1 is 1.58 bits per heavy atom. The van der Waals surface area contributed by atoms with Crippen LogP contribution in [-0.4, -0.2) is 29.4 Å². The van der Waals surface area contributed by atoms with Gasteiger partial charge in [0.25, 0.3) is 0 Å². The third kappa shape index (κ3) is 2.77. The normalized spacial score (nSPS) is 19.0. The molecule has 0 bridgehead atoms. The monoisotopic (exact) mass is 345 g/mol. The van der Waals surface area contributed by atoms with E-state index in [1.165, 1.54) is 6.07 Å². The van der Waals surface area contributed by atoms with Crippen LogP contribution >= 0.6 is 27.5 Å². The number of alkyl halides is 1. The number of amides is 1. The van der Waals surface area contributed by atoms with Gasteiger partial charge in [0.05, 0.1) is 5.56 Å². The summed E-state index contributed by atoms with van der Waals surface area (Å²) < 4.78 is 0.516. The van der Waals surface area contributed by atoms with Crippen molar-refractivity contribution in [3.05, 3.63) is 27.7 Å². The standard InChI is InChI=1S/C13H13BrClNO3/c1-7-2-10(14)9(13(18)19)4-11(7)16-6-8(5-15)3-12(16)17/h2,4,8H,3,5-6H2,1H3,(H,18,19). The van der Waals surface area contributed by atoms with Crippen LogP contribution in [0.15, 0.2) is 16.6 Å². The van der Waals surface area contributed by atoms with E-state index < -0.39 is 5.97 Å². The SMILES string of the molecule is Cc1cc(Br)c(C(=O)O)cc1N1CC(CCl)CC1=O. The highest BCUT2D eigenvalue weighted by molar-refractivity contribution is 9.10. The third-order valence-corrected chi connectivity index (χ3v) is 4.32. The van der Waals surface area contributed by atoms with Crippen molar-refractivity contribution in [3.8, 4) is 0 Å². The van der Waals surface area contributed by atoms with Crippen LogP contribution in [-0.2, 0) is 4.79 Å². The van der Waals surface area contributed by atoms with Crippen molar-refractivity contribution in [3.63, 3.8) is 0 Å². The Morgan fingerprint density at radius 2 is 2.26 bits per heavy atom. The fraction of sp³-hybridized carbons (Fsp3) is 0.385. The first-order valence-corrected chi connectivity index (χ1v) is 7.16. The van der Waals surface area contributed by atoms with Crippen molar-refractivity contribution in [1.29, 1.82) is 0 Å². The number of nitrogens with zero attached hydrogens (tertiary/aromatic N) is 1. The quantitative estimate of drug-likeness (QED) is 0.856. The molecule has 4 nitrogen and oxygen atoms in total. The number of benzene rings is 1. The topological polar surface area (TPSA) is 57.6 Å². The first-order chi connectivity index (χ1) is 8.93. The number of aromatic carboxylic acids is 1. The molecule has 1 N–H and O–H groups in total. The van der Waals surface area contributed by atoms with E-state index in [2.05, 4.69) is 15.9 Å². The molecular formula is C13H13BrClNO3. The van der Waals surface area contributed by atoms with Crippen molar-refractivity contribution >= 4 is 45.1 Å². The summed E-state index contributed by atoms with van der Waals surface area (Å²) in [7, 11) is 0. The van der Waals surface area contributed by atoms with Crippen LogP contribution in [0.3, 0.4) is 0 Å². The minimum absolute atomic E-state index is 0.00703. The molecule has 0 radical (unpaired) electrons. The highest BCUT2D eigenvalue weighted by Gasteiger charge is 2.31. The predicted molar refractivity (Wildman–Crippen MR) is 77.0 cm³/mol. The molecule has 1 aromatic carbocycles. The van der Waals surface area contributed by atoms with E-state index in [1.54, 1.807) is 11.0 Å². The number of rotatable bonds is 3. The summed E-state index contributed by atoms with van der Waals surface area (Å²) in [4.78, 5) is 24.7. The van der Waals surface area contributed by atoms with Crippen molar-refractivity contribution < 1.29 is 14.7 Å². The molecule has 1 fully saturated rings. The number of halogens is 2. The maximum Gasteiger partial charge on any atom is 0.336 e. The Balaban J connectivity index is 2.42. The lowest BCUT2D eigenvalue weighted by Gasteiger charge is -2.20. The van der Waals surface area contributed by atoms with E-state index in [9.17, 15) is 9.59 Å². The van der Waals surface area contributed by atoms with E-state index in [0.717, 1.165) is 5.56 Å². The van der Waals surface area contributed by atoms with E-state index in [4.69, 9.17) is 16.7 Å². The van der Waals surface area contributed by atoms with Crippen LogP contribution in [0.4, 0.5) is 5.69 Å². The molecule has 1 atom stereocenters. The molecule has 1 heterocycles. The molecule has 19 heavy (non-hydrogen) atoms. The summed E-state index contributed by atoms with van der Waals surface area (Å²) in [6.07, 6.45) is 0.418. The zero-order valence-corrected chi connectivity index (χ0v) is 12.7. The summed E-state index contributed by atoms with van der Waals surface area (Å²) in [5.41, 5.74) is 1.67. The number of carbonyl (C=O) groups excluding carboxylic acids is 1. The Kier molecular flexibility index (Phi) is 4.16. The van der Waals surface area contributed by atoms with Crippen LogP contribution in [0.25, 0.3) is 0 Å². The lowest BCUT2D eigenvalue weighted by atomic mass is 10.1. The molecule has 1 saturated heterocycles. The van der Waals surface area contributed by atoms with Crippen LogP contribution in [0, 0.1) is 12.8 Å². The van der Waals surface area contributed by atoms with Crippen LogP contribution < -0.4 is 4.90 Å². The first-order valence-electron chi connectivity index (χ1n) is 5.83. The number of hydrogen-bond donors (Lipinski definition) is 1. The van der Waals surface area contributed by atoms with Crippen LogP contribution in [0.5, 0.6) is 0 Å². The van der Waals surface area contributed by atoms with Gasteiger partial charge >= 0.3 is 5.97 Å². The molecule has 1 amide bonds. The Morgan fingerprint density at radius 3 is 2.79 bits per heavy atom. The van der Waals surface area contributed by atoms with Gasteiger partial charge in [0.15, 0.2) is 0 Å². The minimum atomic E-state index is -1.02. The van der Waals surface area contributed by atoms with E-state index >= 15 is 0 Å². The van der Waals surface area contributed by atoms with E-state index in [-0.39, 0.29) is 17.4 Å². The summed E-state index contributed by atoms with van der Waals surface area (Å²) in [6, 6.07) is 3.26. The molecule has 0 aliphatic carbocycles. The van der Waals surface area contributed by atoms with Gasteiger partial charge in [-0.2, -0.15) is 0 Å². The summed E-state index contributed by atoms with van der Waals surface area (Å²) in [5, 5.41) is 9.13. The van der Waals surface area contributed by atoms with Gasteiger partial charge in [-0.25, -0.2) is 4.79 Å². The second kappa shape index (κ2) is 5.51. The number of hydrogen-bond acceptors (Lipinski definition) is 2. The predicted octanol–water partition coefficient (Wildman–Crippen LogP) is 3.05. The lowest BCUT2D eigenvalue weighted by Crippen LogP contribution is -2.26. The fourth-order valence-corrected chi connectivity index (χ4v) is 3.07. The third-order valence-electron chi connectivity index (χ3n) is 3.23. The molecule has 1 aliphatic heterocycles. The van der Waals surface area contributed by atoms with Gasteiger partial charge < -0.3 is 10.0 Å². The van der Waals surface area contributed by atoms with Gasteiger partial charge in [0.2, 0.25) is 5.91 Å². The van der Waals surface area contributed by atoms with Gasteiger partial charge in [-0.1, -0.05) is 0 Å². The molecule has 1 aliphatic rings. The number of carboxylic acid groups (broad SMARTS) is 1. The van der Waals surface area contributed by atoms with E-state index in [0.29, 0.717) is 29.0 Å². The second-order valence-corrected chi connectivity index (χ2v) is 5.82. The highest BCUT2D eigenvalue weighted by atomic mass is 79.9. The number of carboxylic acids is 1. The maximum absolute atomic E-state index is 12.0. The Bertz CT molecular complexity index is 547. The average molecular weight is 347 g/mol. The van der Waals surface area contributed by atoms with Crippen molar-refractivity contribution in [1.82, 2.24) is 0 Å². The largest absolute Gasteiger partial charge is 0.478 e. The highest BCUT2D eigenvalue weighted by Crippen LogP contribution is 2.32. The molecule has 0 spiro atoms. The maximum atomic E-state index is 12.0. The Hall–Kier alpha value is -1.07. The minimum Gasteiger partial charge on any atom is -0.478 e. The zero-order valence-electron chi connectivity index (χ0n) is 10.3. The molecule has 1 unspecified atom stereocenters. The van der Waals surface area contributed by atoms with Crippen molar-refractivity contribution in [2.24, 2.45) is 5.92 Å². The van der Waals surface area contributed by atoms with Gasteiger partial charge in [-0.3, -0.25) is 4.79 Å². The van der Waals surface area contributed by atoms with Crippen molar-refractivity contribution in [2.75, 3.05) is 17.3 Å². The van der Waals surface area contributed by atoms with Gasteiger partial charge in [-0.05, 0) is 46.5 Å². The molecule has 102 valence electrons. The molecule has 1 aromatic rings. The zero-order chi connectivity index (χ0) is 14.2. The summed E-state index contributed by atoms with van der Waals surface area (Å²) in [6.45, 7) is 2.40. The van der Waals surface area contributed by atoms with Crippen LogP contribution in [0.2, 0.25) is 0 Å². The second-order valence-electron chi connectivity index (χ2n) is 4.65. The molecule has 0 saturated carbocycles. The molecule has 6 heteroatoms. The number of carbonyl (C=O) groups is 2. The number of aryl methyl sites for hydroxylation is 1. The molecule has 0 aromatic heterocycles.